The number of nitrogens with one attached hydrogen (secondary N) is 2. The first-order valence-electron chi connectivity index (χ1n) is 10.5. The minimum atomic E-state index is -0.358. The van der Waals surface area contributed by atoms with Crippen LogP contribution in [0.5, 0.6) is 5.75 Å². The lowest BCUT2D eigenvalue weighted by Gasteiger charge is -2.11. The summed E-state index contributed by atoms with van der Waals surface area (Å²) in [5, 5.41) is 13.2. The number of anilines is 1. The van der Waals surface area contributed by atoms with Gasteiger partial charge >= 0.3 is 0 Å². The van der Waals surface area contributed by atoms with Gasteiger partial charge in [0.15, 0.2) is 11.0 Å². The molecule has 5 aromatic rings. The number of aromatic nitrogens is 4. The van der Waals surface area contributed by atoms with Crippen LogP contribution in [0.3, 0.4) is 0 Å². The molecule has 0 fully saturated rings. The zero-order chi connectivity index (χ0) is 23.5. The number of benzene rings is 3. The number of carbonyl (C=O) groups is 1. The summed E-state index contributed by atoms with van der Waals surface area (Å²) in [5.41, 5.74) is 3.23. The van der Waals surface area contributed by atoms with Crippen molar-refractivity contribution in [2.75, 3.05) is 18.2 Å². The summed E-state index contributed by atoms with van der Waals surface area (Å²) in [5.74, 6) is 0.857. The zero-order valence-electron chi connectivity index (χ0n) is 18.2. The molecule has 3 aromatic carbocycles. The van der Waals surface area contributed by atoms with Gasteiger partial charge in [-0.25, -0.2) is 4.39 Å². The normalized spacial score (nSPS) is 11.0. The van der Waals surface area contributed by atoms with Crippen molar-refractivity contribution >= 4 is 34.3 Å². The van der Waals surface area contributed by atoms with Crippen LogP contribution in [0, 0.1) is 5.82 Å². The van der Waals surface area contributed by atoms with Gasteiger partial charge in [-0.15, -0.1) is 10.2 Å². The minimum absolute atomic E-state index is 0.105. The maximum atomic E-state index is 13.1. The molecule has 0 atom stereocenters. The number of halogens is 1. The molecule has 1 amide bonds. The predicted molar refractivity (Wildman–Crippen MR) is 131 cm³/mol. The molecule has 0 saturated carbocycles. The van der Waals surface area contributed by atoms with E-state index in [-0.39, 0.29) is 17.5 Å². The fourth-order valence-corrected chi connectivity index (χ4v) is 4.39. The van der Waals surface area contributed by atoms with Crippen molar-refractivity contribution in [3.8, 4) is 22.8 Å². The molecule has 0 bridgehead atoms. The first-order valence-corrected chi connectivity index (χ1v) is 11.5. The van der Waals surface area contributed by atoms with Crippen LogP contribution in [0.15, 0.2) is 84.1 Å². The maximum absolute atomic E-state index is 13.1. The van der Waals surface area contributed by atoms with Crippen LogP contribution in [0.4, 0.5) is 10.1 Å². The fourth-order valence-electron chi connectivity index (χ4n) is 3.64. The molecule has 5 rings (SSSR count). The van der Waals surface area contributed by atoms with Gasteiger partial charge in [-0.1, -0.05) is 36.0 Å². The highest BCUT2D eigenvalue weighted by Crippen LogP contribution is 2.33. The van der Waals surface area contributed by atoms with E-state index in [1.165, 1.54) is 36.0 Å². The van der Waals surface area contributed by atoms with Gasteiger partial charge in [-0.2, -0.15) is 0 Å². The third-order valence-electron chi connectivity index (χ3n) is 5.24. The molecule has 0 radical (unpaired) electrons. The van der Waals surface area contributed by atoms with Gasteiger partial charge in [0.05, 0.1) is 18.6 Å². The van der Waals surface area contributed by atoms with E-state index in [9.17, 15) is 9.18 Å². The van der Waals surface area contributed by atoms with Crippen LogP contribution in [0.25, 0.3) is 28.0 Å². The Labute approximate surface area is 199 Å². The summed E-state index contributed by atoms with van der Waals surface area (Å²) in [6.07, 6.45) is 1.90. The van der Waals surface area contributed by atoms with Crippen LogP contribution in [0.2, 0.25) is 0 Å². The predicted octanol–water partition coefficient (Wildman–Crippen LogP) is 5.29. The average molecular weight is 474 g/mol. The second-order valence-electron chi connectivity index (χ2n) is 7.43. The lowest BCUT2D eigenvalue weighted by Crippen LogP contribution is -2.14. The molecule has 0 spiro atoms. The number of ether oxygens (including phenoxy) is 1. The second-order valence-corrected chi connectivity index (χ2v) is 8.38. The summed E-state index contributed by atoms with van der Waals surface area (Å²) in [6.45, 7) is 0. The van der Waals surface area contributed by atoms with Crippen molar-refractivity contribution in [3.05, 3.63) is 84.8 Å². The first-order chi connectivity index (χ1) is 16.6. The van der Waals surface area contributed by atoms with E-state index < -0.39 is 0 Å². The van der Waals surface area contributed by atoms with E-state index in [0.717, 1.165) is 22.2 Å². The number of hydrogen-bond donors (Lipinski definition) is 2. The molecular weight excluding hydrogens is 453 g/mol. The highest BCUT2D eigenvalue weighted by atomic mass is 32.2. The van der Waals surface area contributed by atoms with E-state index in [0.29, 0.717) is 22.4 Å². The van der Waals surface area contributed by atoms with Gasteiger partial charge in [0.1, 0.15) is 11.6 Å². The number of H-pyrrole nitrogens is 1. The van der Waals surface area contributed by atoms with E-state index in [1.54, 1.807) is 7.11 Å². The summed E-state index contributed by atoms with van der Waals surface area (Å²) >= 11 is 1.26. The number of carbonyl (C=O) groups excluding carboxylic acids is 1. The Bertz CT molecular complexity index is 1460. The quantitative estimate of drug-likeness (QED) is 0.314. The highest BCUT2D eigenvalue weighted by Gasteiger charge is 2.20. The highest BCUT2D eigenvalue weighted by molar-refractivity contribution is 7.99. The van der Waals surface area contributed by atoms with Crippen molar-refractivity contribution in [2.24, 2.45) is 0 Å². The topological polar surface area (TPSA) is 84.8 Å². The molecule has 34 heavy (non-hydrogen) atoms. The lowest BCUT2D eigenvalue weighted by atomic mass is 10.1. The van der Waals surface area contributed by atoms with Crippen LogP contribution in [-0.2, 0) is 4.79 Å². The number of methoxy groups -OCH3 is 1. The Morgan fingerprint density at radius 1 is 1.09 bits per heavy atom. The molecule has 2 N–H and O–H groups in total. The number of nitrogens with zero attached hydrogens (tertiary/aromatic N) is 3. The smallest absolute Gasteiger partial charge is 0.234 e. The molecule has 2 heterocycles. The van der Waals surface area contributed by atoms with E-state index in [2.05, 4.69) is 20.5 Å². The summed E-state index contributed by atoms with van der Waals surface area (Å²) in [4.78, 5) is 15.8. The fraction of sp³-hybridized carbons (Fsp3) is 0.0800. The molecule has 0 aliphatic rings. The van der Waals surface area contributed by atoms with Gasteiger partial charge in [0.25, 0.3) is 0 Å². The first kappa shape index (κ1) is 21.7. The molecule has 170 valence electrons. The molecule has 0 unspecified atom stereocenters. The van der Waals surface area contributed by atoms with Crippen LogP contribution in [-0.4, -0.2) is 38.5 Å². The number of rotatable bonds is 7. The van der Waals surface area contributed by atoms with Crippen LogP contribution in [0.1, 0.15) is 0 Å². The Kier molecular flexibility index (Phi) is 6.01. The van der Waals surface area contributed by atoms with Crippen molar-refractivity contribution in [2.45, 2.75) is 5.16 Å². The average Bonchev–Trinajstić information content (AvgIpc) is 3.48. The van der Waals surface area contributed by atoms with Crippen LogP contribution < -0.4 is 10.1 Å². The molecule has 9 heteroatoms. The number of amides is 1. The summed E-state index contributed by atoms with van der Waals surface area (Å²) in [7, 11) is 1.61. The Balaban J connectivity index is 1.48. The molecule has 0 aliphatic heterocycles. The lowest BCUT2D eigenvalue weighted by molar-refractivity contribution is -0.113. The van der Waals surface area contributed by atoms with Gasteiger partial charge in [0, 0.05) is 34.4 Å². The van der Waals surface area contributed by atoms with Gasteiger partial charge in [0.2, 0.25) is 5.91 Å². The summed E-state index contributed by atoms with van der Waals surface area (Å²) in [6, 6.07) is 21.2. The van der Waals surface area contributed by atoms with Crippen molar-refractivity contribution in [1.82, 2.24) is 19.7 Å². The van der Waals surface area contributed by atoms with Crippen molar-refractivity contribution in [1.29, 1.82) is 0 Å². The molecule has 0 saturated heterocycles. The third kappa shape index (κ3) is 4.38. The van der Waals surface area contributed by atoms with E-state index >= 15 is 0 Å². The van der Waals surface area contributed by atoms with Gasteiger partial charge < -0.3 is 15.0 Å². The number of para-hydroxylation sites is 1. The minimum Gasteiger partial charge on any atom is -0.497 e. The number of hydrogen-bond acceptors (Lipinski definition) is 5. The van der Waals surface area contributed by atoms with Gasteiger partial charge in [-0.3, -0.25) is 9.36 Å². The molecule has 2 aromatic heterocycles. The number of fused-ring (bicyclic) bond motifs is 1. The SMILES string of the molecule is COc1cccc(-n2c(SCC(=O)Nc3ccc(F)cc3)nnc2-c2c[nH]c3ccccc23)c1. The number of aromatic amines is 1. The van der Waals surface area contributed by atoms with E-state index in [1.807, 2.05) is 59.3 Å². The molecular formula is C25H20FN5O2S. The van der Waals surface area contributed by atoms with Crippen LogP contribution >= 0.6 is 11.8 Å². The molecule has 0 aliphatic carbocycles. The zero-order valence-corrected chi connectivity index (χ0v) is 19.0. The Morgan fingerprint density at radius 2 is 1.91 bits per heavy atom. The van der Waals surface area contributed by atoms with Crippen molar-refractivity contribution in [3.63, 3.8) is 0 Å². The Hall–Kier alpha value is -4.11. The second kappa shape index (κ2) is 9.40. The summed E-state index contributed by atoms with van der Waals surface area (Å²) < 4.78 is 20.4. The van der Waals surface area contributed by atoms with Gasteiger partial charge in [-0.05, 0) is 42.5 Å². The largest absolute Gasteiger partial charge is 0.497 e. The standard InChI is InChI=1S/C25H20FN5O2S/c1-33-19-6-4-5-18(13-19)31-24(21-14-27-22-8-3-2-7-20(21)22)29-30-25(31)34-15-23(32)28-17-11-9-16(26)10-12-17/h2-14,27H,15H2,1H3,(H,28,32). The molecule has 7 nitrogen and oxygen atoms in total. The third-order valence-corrected chi connectivity index (χ3v) is 6.16. The van der Waals surface area contributed by atoms with Crippen molar-refractivity contribution < 1.29 is 13.9 Å². The number of thioether (sulfide) groups is 1. The van der Waals surface area contributed by atoms with E-state index in [4.69, 9.17) is 4.74 Å². The Morgan fingerprint density at radius 3 is 2.74 bits per heavy atom. The monoisotopic (exact) mass is 473 g/mol. The maximum Gasteiger partial charge on any atom is 0.234 e.